The quantitative estimate of drug-likeness (QED) is 0.659. The van der Waals surface area contributed by atoms with Gasteiger partial charge in [0.1, 0.15) is 6.54 Å². The van der Waals surface area contributed by atoms with E-state index in [9.17, 15) is 9.59 Å². The molecule has 0 aliphatic heterocycles. The number of fused-ring (bicyclic) bond motifs is 1. The highest BCUT2D eigenvalue weighted by atomic mass is 35.5. The van der Waals surface area contributed by atoms with Crippen molar-refractivity contribution in [3.05, 3.63) is 63.9 Å². The van der Waals surface area contributed by atoms with Gasteiger partial charge in [0.2, 0.25) is 0 Å². The molecule has 0 saturated heterocycles. The Labute approximate surface area is 153 Å². The minimum Gasteiger partial charge on any atom is -0.468 e. The van der Waals surface area contributed by atoms with E-state index in [-0.39, 0.29) is 18.9 Å². The average molecular weight is 375 g/mol. The first kappa shape index (κ1) is 17.4. The van der Waals surface area contributed by atoms with E-state index < -0.39 is 5.97 Å². The Morgan fingerprint density at radius 2 is 1.96 bits per heavy atom. The van der Waals surface area contributed by atoms with E-state index in [0.29, 0.717) is 9.82 Å². The highest BCUT2D eigenvalue weighted by Crippen LogP contribution is 2.22. The fourth-order valence-electron chi connectivity index (χ4n) is 2.40. The molecule has 0 aliphatic rings. The summed E-state index contributed by atoms with van der Waals surface area (Å²) in [5.74, 6) is -0.686. The summed E-state index contributed by atoms with van der Waals surface area (Å²) in [6, 6.07) is 14.7. The molecule has 25 heavy (non-hydrogen) atoms. The third-order valence-corrected chi connectivity index (χ3v) is 4.85. The van der Waals surface area contributed by atoms with Crippen molar-refractivity contribution in [1.29, 1.82) is 0 Å². The Morgan fingerprint density at radius 1 is 1.20 bits per heavy atom. The number of thiazole rings is 1. The molecule has 0 unspecified atom stereocenters. The molecular formula is C18H15ClN2O3S. The topological polar surface area (TPSA) is 60.7 Å². The van der Waals surface area contributed by atoms with Crippen molar-refractivity contribution in [1.82, 2.24) is 4.57 Å². The molecule has 1 aromatic heterocycles. The Balaban J connectivity index is 2.02. The molecule has 0 fully saturated rings. The SMILES string of the molecule is COC(=O)Cn1c(=NC(=O)Cc2ccccc2)sc2cc(Cl)ccc21. The summed E-state index contributed by atoms with van der Waals surface area (Å²) in [5.41, 5.74) is 1.67. The normalized spacial score (nSPS) is 11.7. The van der Waals surface area contributed by atoms with Gasteiger partial charge in [0.05, 0.1) is 23.7 Å². The Morgan fingerprint density at radius 3 is 2.68 bits per heavy atom. The van der Waals surface area contributed by atoms with Crippen LogP contribution < -0.4 is 4.80 Å². The lowest BCUT2D eigenvalue weighted by atomic mass is 10.1. The zero-order valence-electron chi connectivity index (χ0n) is 13.4. The maximum atomic E-state index is 12.3. The van der Waals surface area contributed by atoms with Gasteiger partial charge in [-0.3, -0.25) is 9.59 Å². The first-order valence-corrected chi connectivity index (χ1v) is 8.73. The number of carbonyl (C=O) groups excluding carboxylic acids is 2. The number of hydrogen-bond acceptors (Lipinski definition) is 4. The monoisotopic (exact) mass is 374 g/mol. The Kier molecular flexibility index (Phi) is 5.31. The van der Waals surface area contributed by atoms with E-state index in [1.165, 1.54) is 18.4 Å². The van der Waals surface area contributed by atoms with Crippen LogP contribution in [0.2, 0.25) is 5.02 Å². The molecule has 0 spiro atoms. The Bertz CT molecular complexity index is 992. The van der Waals surface area contributed by atoms with Gasteiger partial charge in [-0.25, -0.2) is 0 Å². The summed E-state index contributed by atoms with van der Waals surface area (Å²) in [6.45, 7) is -0.0183. The third-order valence-electron chi connectivity index (χ3n) is 3.58. The minimum absolute atomic E-state index is 0.0183. The summed E-state index contributed by atoms with van der Waals surface area (Å²) >= 11 is 7.35. The molecule has 0 bridgehead atoms. The minimum atomic E-state index is -0.411. The summed E-state index contributed by atoms with van der Waals surface area (Å²) in [6.07, 6.45) is 0.202. The van der Waals surface area contributed by atoms with Crippen molar-refractivity contribution >= 4 is 45.0 Å². The summed E-state index contributed by atoms with van der Waals surface area (Å²) in [7, 11) is 1.33. The molecule has 2 aromatic carbocycles. The number of benzene rings is 2. The fourth-order valence-corrected chi connectivity index (χ4v) is 3.72. The van der Waals surface area contributed by atoms with Crippen molar-refractivity contribution in [3.63, 3.8) is 0 Å². The van der Waals surface area contributed by atoms with E-state index >= 15 is 0 Å². The number of halogens is 1. The lowest BCUT2D eigenvalue weighted by Gasteiger charge is -2.03. The van der Waals surface area contributed by atoms with Gasteiger partial charge in [0.15, 0.2) is 4.80 Å². The summed E-state index contributed by atoms with van der Waals surface area (Å²) < 4.78 is 7.27. The summed E-state index contributed by atoms with van der Waals surface area (Å²) in [5, 5.41) is 0.584. The maximum Gasteiger partial charge on any atom is 0.325 e. The predicted molar refractivity (Wildman–Crippen MR) is 97.6 cm³/mol. The molecule has 1 amide bonds. The van der Waals surface area contributed by atoms with Crippen LogP contribution in [0.1, 0.15) is 5.56 Å². The standard InChI is InChI=1S/C18H15ClN2O3S/c1-24-17(23)11-21-14-8-7-13(19)10-15(14)25-18(21)20-16(22)9-12-5-3-2-4-6-12/h2-8,10H,9,11H2,1H3. The van der Waals surface area contributed by atoms with Crippen molar-refractivity contribution in [2.45, 2.75) is 13.0 Å². The van der Waals surface area contributed by atoms with Gasteiger partial charge in [-0.15, -0.1) is 0 Å². The van der Waals surface area contributed by atoms with Crippen LogP contribution in [0.3, 0.4) is 0 Å². The highest BCUT2D eigenvalue weighted by Gasteiger charge is 2.12. The van der Waals surface area contributed by atoms with Crippen LogP contribution in [-0.4, -0.2) is 23.6 Å². The molecule has 0 saturated carbocycles. The first-order valence-electron chi connectivity index (χ1n) is 7.54. The highest BCUT2D eigenvalue weighted by molar-refractivity contribution is 7.16. The van der Waals surface area contributed by atoms with Gasteiger partial charge in [-0.2, -0.15) is 4.99 Å². The zero-order valence-corrected chi connectivity index (χ0v) is 15.0. The van der Waals surface area contributed by atoms with Crippen LogP contribution in [0.5, 0.6) is 0 Å². The molecule has 7 heteroatoms. The molecule has 0 aliphatic carbocycles. The van der Waals surface area contributed by atoms with Crippen molar-refractivity contribution in [3.8, 4) is 0 Å². The van der Waals surface area contributed by atoms with Gasteiger partial charge in [0.25, 0.3) is 5.91 Å². The molecule has 5 nitrogen and oxygen atoms in total. The van der Waals surface area contributed by atoms with Crippen LogP contribution in [0.15, 0.2) is 53.5 Å². The molecular weight excluding hydrogens is 360 g/mol. The largest absolute Gasteiger partial charge is 0.468 e. The van der Waals surface area contributed by atoms with Crippen LogP contribution >= 0.6 is 22.9 Å². The fraction of sp³-hybridized carbons (Fsp3) is 0.167. The van der Waals surface area contributed by atoms with Gasteiger partial charge in [-0.05, 0) is 23.8 Å². The van der Waals surface area contributed by atoms with Crippen LogP contribution in [-0.2, 0) is 27.3 Å². The molecule has 1 heterocycles. The van der Waals surface area contributed by atoms with E-state index in [1.807, 2.05) is 30.3 Å². The van der Waals surface area contributed by atoms with Gasteiger partial charge in [-0.1, -0.05) is 53.3 Å². The third kappa shape index (κ3) is 4.15. The van der Waals surface area contributed by atoms with Gasteiger partial charge < -0.3 is 9.30 Å². The van der Waals surface area contributed by atoms with Crippen molar-refractivity contribution < 1.29 is 14.3 Å². The molecule has 0 atom stereocenters. The van der Waals surface area contributed by atoms with E-state index in [2.05, 4.69) is 4.99 Å². The molecule has 3 aromatic rings. The predicted octanol–water partition coefficient (Wildman–Crippen LogP) is 3.20. The van der Waals surface area contributed by atoms with Crippen LogP contribution in [0.25, 0.3) is 10.2 Å². The first-order chi connectivity index (χ1) is 12.1. The molecule has 128 valence electrons. The second kappa shape index (κ2) is 7.63. The maximum absolute atomic E-state index is 12.3. The van der Waals surface area contributed by atoms with Gasteiger partial charge in [0, 0.05) is 5.02 Å². The summed E-state index contributed by atoms with van der Waals surface area (Å²) in [4.78, 5) is 28.7. The molecule has 0 radical (unpaired) electrons. The van der Waals surface area contributed by atoms with Crippen molar-refractivity contribution in [2.24, 2.45) is 4.99 Å². The molecule has 0 N–H and O–H groups in total. The number of rotatable bonds is 4. The number of esters is 1. The second-order valence-electron chi connectivity index (χ2n) is 5.33. The zero-order chi connectivity index (χ0) is 17.8. The van der Waals surface area contributed by atoms with E-state index in [1.54, 1.807) is 22.8 Å². The number of carbonyl (C=O) groups is 2. The number of aromatic nitrogens is 1. The average Bonchev–Trinajstić information content (AvgIpc) is 2.91. The lowest BCUT2D eigenvalue weighted by molar-refractivity contribution is -0.141. The number of ether oxygens (including phenoxy) is 1. The smallest absolute Gasteiger partial charge is 0.325 e. The number of hydrogen-bond donors (Lipinski definition) is 0. The van der Waals surface area contributed by atoms with Gasteiger partial charge >= 0.3 is 5.97 Å². The van der Waals surface area contributed by atoms with Crippen LogP contribution in [0.4, 0.5) is 0 Å². The van der Waals surface area contributed by atoms with Crippen molar-refractivity contribution in [2.75, 3.05) is 7.11 Å². The van der Waals surface area contributed by atoms with E-state index in [0.717, 1.165) is 15.8 Å². The number of methoxy groups -OCH3 is 1. The number of nitrogens with zero attached hydrogens (tertiary/aromatic N) is 2. The Hall–Kier alpha value is -2.44. The lowest BCUT2D eigenvalue weighted by Crippen LogP contribution is -2.22. The molecule has 3 rings (SSSR count). The second-order valence-corrected chi connectivity index (χ2v) is 6.77. The van der Waals surface area contributed by atoms with E-state index in [4.69, 9.17) is 16.3 Å². The van der Waals surface area contributed by atoms with Crippen LogP contribution in [0, 0.1) is 0 Å². The number of amides is 1.